The van der Waals surface area contributed by atoms with Gasteiger partial charge in [-0.2, -0.15) is 0 Å². The van der Waals surface area contributed by atoms with Crippen LogP contribution in [0.25, 0.3) is 0 Å². The molecule has 0 radical (unpaired) electrons. The van der Waals surface area contributed by atoms with Crippen LogP contribution in [0.4, 0.5) is 5.69 Å². The standard InChI is InChI=1S/C16H17BrN2O2/c1-11-6-7-15(12(8-11)9-18)21-10-16(20)19-14-5-3-2-4-13(14)17/h2-8H,9-10,18H2,1H3,(H,19,20). The molecule has 0 saturated carbocycles. The van der Waals surface area contributed by atoms with Gasteiger partial charge in [0.1, 0.15) is 5.75 Å². The lowest BCUT2D eigenvalue weighted by atomic mass is 10.1. The Morgan fingerprint density at radius 2 is 2.05 bits per heavy atom. The molecule has 0 bridgehead atoms. The molecule has 0 heterocycles. The highest BCUT2D eigenvalue weighted by Gasteiger charge is 2.08. The van der Waals surface area contributed by atoms with E-state index >= 15 is 0 Å². The van der Waals surface area contributed by atoms with Crippen LogP contribution >= 0.6 is 15.9 Å². The van der Waals surface area contributed by atoms with Gasteiger partial charge in [0.2, 0.25) is 0 Å². The van der Waals surface area contributed by atoms with Gasteiger partial charge >= 0.3 is 0 Å². The fraction of sp³-hybridized carbons (Fsp3) is 0.188. The smallest absolute Gasteiger partial charge is 0.262 e. The quantitative estimate of drug-likeness (QED) is 0.871. The summed E-state index contributed by atoms with van der Waals surface area (Å²) in [4.78, 5) is 11.9. The van der Waals surface area contributed by atoms with Crippen LogP contribution in [0.5, 0.6) is 5.75 Å². The van der Waals surface area contributed by atoms with Crippen molar-refractivity contribution in [2.75, 3.05) is 11.9 Å². The molecular weight excluding hydrogens is 332 g/mol. The summed E-state index contributed by atoms with van der Waals surface area (Å²) >= 11 is 3.38. The number of rotatable bonds is 5. The maximum absolute atomic E-state index is 11.9. The maximum atomic E-state index is 11.9. The molecule has 0 aliphatic carbocycles. The summed E-state index contributed by atoms with van der Waals surface area (Å²) in [6.45, 7) is 2.31. The number of carbonyl (C=O) groups excluding carboxylic acids is 1. The molecule has 110 valence electrons. The molecule has 4 nitrogen and oxygen atoms in total. The fourth-order valence-electron chi connectivity index (χ4n) is 1.90. The van der Waals surface area contributed by atoms with E-state index < -0.39 is 0 Å². The molecule has 0 atom stereocenters. The molecule has 5 heteroatoms. The summed E-state index contributed by atoms with van der Waals surface area (Å²) < 4.78 is 6.38. The van der Waals surface area contributed by atoms with Crippen molar-refractivity contribution in [3.05, 3.63) is 58.1 Å². The minimum atomic E-state index is -0.217. The summed E-state index contributed by atoms with van der Waals surface area (Å²) in [5, 5.41) is 2.79. The van der Waals surface area contributed by atoms with Gasteiger partial charge in [-0.25, -0.2) is 0 Å². The van der Waals surface area contributed by atoms with E-state index in [0.717, 1.165) is 15.6 Å². The molecule has 0 fully saturated rings. The third-order valence-electron chi connectivity index (χ3n) is 2.94. The summed E-state index contributed by atoms with van der Waals surface area (Å²) in [6.07, 6.45) is 0. The van der Waals surface area contributed by atoms with Crippen LogP contribution in [0.3, 0.4) is 0 Å². The summed E-state index contributed by atoms with van der Waals surface area (Å²) in [6, 6.07) is 13.1. The van der Waals surface area contributed by atoms with Gasteiger partial charge in [-0.15, -0.1) is 0 Å². The minimum absolute atomic E-state index is 0.0581. The molecule has 0 aliphatic rings. The van der Waals surface area contributed by atoms with Crippen molar-refractivity contribution in [3.63, 3.8) is 0 Å². The minimum Gasteiger partial charge on any atom is -0.483 e. The highest BCUT2D eigenvalue weighted by Crippen LogP contribution is 2.22. The van der Waals surface area contributed by atoms with E-state index in [1.165, 1.54) is 0 Å². The lowest BCUT2D eigenvalue weighted by Crippen LogP contribution is -2.21. The van der Waals surface area contributed by atoms with E-state index in [1.807, 2.05) is 49.4 Å². The predicted octanol–water partition coefficient (Wildman–Crippen LogP) is 3.23. The second kappa shape index (κ2) is 7.24. The third-order valence-corrected chi connectivity index (χ3v) is 3.63. The van der Waals surface area contributed by atoms with Gasteiger partial charge < -0.3 is 15.8 Å². The van der Waals surface area contributed by atoms with Gasteiger partial charge in [-0.3, -0.25) is 4.79 Å². The van der Waals surface area contributed by atoms with Crippen LogP contribution in [0.15, 0.2) is 46.9 Å². The summed E-state index contributed by atoms with van der Waals surface area (Å²) in [5.74, 6) is 0.427. The lowest BCUT2D eigenvalue weighted by molar-refractivity contribution is -0.118. The Hall–Kier alpha value is -1.85. The van der Waals surface area contributed by atoms with Crippen molar-refractivity contribution in [2.24, 2.45) is 5.73 Å². The number of hydrogen-bond donors (Lipinski definition) is 2. The molecule has 2 rings (SSSR count). The topological polar surface area (TPSA) is 64.3 Å². The average molecular weight is 349 g/mol. The SMILES string of the molecule is Cc1ccc(OCC(=O)Nc2ccccc2Br)c(CN)c1. The largest absolute Gasteiger partial charge is 0.483 e. The molecule has 0 aliphatic heterocycles. The number of benzene rings is 2. The molecular formula is C16H17BrN2O2. The zero-order chi connectivity index (χ0) is 15.2. The zero-order valence-electron chi connectivity index (χ0n) is 11.7. The van der Waals surface area contributed by atoms with Crippen LogP contribution in [-0.2, 0) is 11.3 Å². The molecule has 0 unspecified atom stereocenters. The molecule has 0 aromatic heterocycles. The Labute approximate surface area is 132 Å². The number of carbonyl (C=O) groups is 1. The van der Waals surface area contributed by atoms with Crippen molar-refractivity contribution in [2.45, 2.75) is 13.5 Å². The van der Waals surface area contributed by atoms with Crippen molar-refractivity contribution < 1.29 is 9.53 Å². The van der Waals surface area contributed by atoms with Crippen LogP contribution < -0.4 is 15.8 Å². The second-order valence-corrected chi connectivity index (χ2v) is 5.49. The van der Waals surface area contributed by atoms with E-state index in [4.69, 9.17) is 10.5 Å². The molecule has 2 aromatic rings. The summed E-state index contributed by atoms with van der Waals surface area (Å²) in [7, 11) is 0. The highest BCUT2D eigenvalue weighted by molar-refractivity contribution is 9.10. The van der Waals surface area contributed by atoms with E-state index in [9.17, 15) is 4.79 Å². The Balaban J connectivity index is 1.97. The van der Waals surface area contributed by atoms with Crippen LogP contribution in [0.2, 0.25) is 0 Å². The number of nitrogens with two attached hydrogens (primary N) is 1. The van der Waals surface area contributed by atoms with Gasteiger partial charge in [0.15, 0.2) is 6.61 Å². The first-order chi connectivity index (χ1) is 10.1. The Kier molecular flexibility index (Phi) is 5.36. The molecule has 0 spiro atoms. The van der Waals surface area contributed by atoms with Crippen LogP contribution in [0.1, 0.15) is 11.1 Å². The van der Waals surface area contributed by atoms with E-state index in [-0.39, 0.29) is 12.5 Å². The molecule has 2 aromatic carbocycles. The van der Waals surface area contributed by atoms with Crippen LogP contribution in [-0.4, -0.2) is 12.5 Å². The normalized spacial score (nSPS) is 10.2. The lowest BCUT2D eigenvalue weighted by Gasteiger charge is -2.12. The monoisotopic (exact) mass is 348 g/mol. The number of aryl methyl sites for hydroxylation is 1. The zero-order valence-corrected chi connectivity index (χ0v) is 13.3. The predicted molar refractivity (Wildman–Crippen MR) is 87.3 cm³/mol. The first-order valence-corrected chi connectivity index (χ1v) is 7.36. The number of anilines is 1. The Morgan fingerprint density at radius 3 is 2.76 bits per heavy atom. The number of nitrogens with one attached hydrogen (secondary N) is 1. The first kappa shape index (κ1) is 15.5. The van der Waals surface area contributed by atoms with Crippen molar-refractivity contribution >= 4 is 27.5 Å². The van der Waals surface area contributed by atoms with E-state index in [1.54, 1.807) is 0 Å². The molecule has 21 heavy (non-hydrogen) atoms. The molecule has 3 N–H and O–H groups in total. The number of para-hydroxylation sites is 1. The number of hydrogen-bond acceptors (Lipinski definition) is 3. The van der Waals surface area contributed by atoms with Gasteiger partial charge in [0.05, 0.1) is 5.69 Å². The maximum Gasteiger partial charge on any atom is 0.262 e. The van der Waals surface area contributed by atoms with Crippen molar-refractivity contribution in [3.8, 4) is 5.75 Å². The van der Waals surface area contributed by atoms with Crippen molar-refractivity contribution in [1.82, 2.24) is 0 Å². The van der Waals surface area contributed by atoms with Crippen molar-refractivity contribution in [1.29, 1.82) is 0 Å². The highest BCUT2D eigenvalue weighted by atomic mass is 79.9. The number of amides is 1. The summed E-state index contributed by atoms with van der Waals surface area (Å²) in [5.41, 5.74) is 8.40. The van der Waals surface area contributed by atoms with E-state index in [2.05, 4.69) is 21.2 Å². The van der Waals surface area contributed by atoms with Gasteiger partial charge in [-0.1, -0.05) is 29.8 Å². The molecule has 1 amide bonds. The Morgan fingerprint density at radius 1 is 1.29 bits per heavy atom. The van der Waals surface area contributed by atoms with Gasteiger partial charge in [-0.05, 0) is 41.1 Å². The van der Waals surface area contributed by atoms with E-state index in [0.29, 0.717) is 18.0 Å². The number of halogens is 1. The van der Waals surface area contributed by atoms with Gasteiger partial charge in [0, 0.05) is 16.6 Å². The average Bonchev–Trinajstić information content (AvgIpc) is 2.48. The second-order valence-electron chi connectivity index (χ2n) is 4.63. The first-order valence-electron chi connectivity index (χ1n) is 6.57. The van der Waals surface area contributed by atoms with Gasteiger partial charge in [0.25, 0.3) is 5.91 Å². The number of ether oxygens (including phenoxy) is 1. The van der Waals surface area contributed by atoms with Crippen LogP contribution in [0, 0.1) is 6.92 Å². The fourth-order valence-corrected chi connectivity index (χ4v) is 2.28. The Bertz CT molecular complexity index is 644. The third kappa shape index (κ3) is 4.31. The molecule has 0 saturated heterocycles.